The van der Waals surface area contributed by atoms with E-state index in [-0.39, 0.29) is 11.9 Å². The van der Waals surface area contributed by atoms with E-state index in [2.05, 4.69) is 22.3 Å². The number of amides is 1. The minimum Gasteiger partial charge on any atom is -0.493 e. The molecule has 0 spiro atoms. The van der Waals surface area contributed by atoms with Crippen molar-refractivity contribution < 1.29 is 14.3 Å². The fourth-order valence-corrected chi connectivity index (χ4v) is 3.22. The summed E-state index contributed by atoms with van der Waals surface area (Å²) in [6, 6.07) is 11.1. The summed E-state index contributed by atoms with van der Waals surface area (Å²) in [5, 5.41) is 7.44. The molecular formula is C23H28N4O3. The Hall–Kier alpha value is -3.35. The second-order valence-electron chi connectivity index (χ2n) is 6.91. The van der Waals surface area contributed by atoms with E-state index in [1.54, 1.807) is 24.2 Å². The molecule has 2 aromatic heterocycles. The number of hydrogen-bond donors (Lipinski definition) is 1. The van der Waals surface area contributed by atoms with Crippen molar-refractivity contribution in [3.63, 3.8) is 0 Å². The second kappa shape index (κ2) is 9.91. The number of rotatable bonds is 9. The van der Waals surface area contributed by atoms with Crippen molar-refractivity contribution >= 4 is 5.91 Å². The van der Waals surface area contributed by atoms with Crippen LogP contribution in [0.5, 0.6) is 11.5 Å². The van der Waals surface area contributed by atoms with Crippen LogP contribution in [0.15, 0.2) is 48.8 Å². The summed E-state index contributed by atoms with van der Waals surface area (Å²) >= 11 is 0. The third kappa shape index (κ3) is 4.62. The van der Waals surface area contributed by atoms with Crippen LogP contribution >= 0.6 is 0 Å². The fraction of sp³-hybridized carbons (Fsp3) is 0.348. The van der Waals surface area contributed by atoms with Crippen LogP contribution in [0, 0.1) is 0 Å². The van der Waals surface area contributed by atoms with Gasteiger partial charge in [-0.3, -0.25) is 4.79 Å². The first kappa shape index (κ1) is 21.4. The summed E-state index contributed by atoms with van der Waals surface area (Å²) in [5.74, 6) is 1.87. The molecule has 1 aromatic carbocycles. The van der Waals surface area contributed by atoms with Crippen molar-refractivity contribution in [3.05, 3.63) is 65.6 Å². The molecule has 0 bridgehead atoms. The Bertz CT molecular complexity index is 985. The van der Waals surface area contributed by atoms with Crippen molar-refractivity contribution in [1.29, 1.82) is 0 Å². The number of carbonyl (C=O) groups excluding carboxylic acids is 1. The highest BCUT2D eigenvalue weighted by Gasteiger charge is 2.20. The normalized spacial score (nSPS) is 11.7. The van der Waals surface area contributed by atoms with Crippen LogP contribution in [0.1, 0.15) is 54.8 Å². The molecule has 1 N–H and O–H groups in total. The minimum absolute atomic E-state index is 0.174. The quantitative estimate of drug-likeness (QED) is 0.576. The summed E-state index contributed by atoms with van der Waals surface area (Å²) in [4.78, 5) is 17.3. The van der Waals surface area contributed by atoms with Crippen LogP contribution in [-0.4, -0.2) is 34.4 Å². The highest BCUT2D eigenvalue weighted by molar-refractivity contribution is 5.95. The summed E-state index contributed by atoms with van der Waals surface area (Å²) in [7, 11) is 1.61. The average molecular weight is 409 g/mol. The van der Waals surface area contributed by atoms with Gasteiger partial charge in [-0.15, -0.1) is 0 Å². The maximum atomic E-state index is 13.0. The van der Waals surface area contributed by atoms with Gasteiger partial charge in [-0.25, -0.2) is 9.67 Å². The van der Waals surface area contributed by atoms with Crippen LogP contribution in [0.2, 0.25) is 0 Å². The molecular weight excluding hydrogens is 380 g/mol. The summed E-state index contributed by atoms with van der Waals surface area (Å²) in [6.45, 7) is 6.62. The lowest BCUT2D eigenvalue weighted by molar-refractivity contribution is 0.0939. The lowest BCUT2D eigenvalue weighted by Gasteiger charge is -2.17. The Morgan fingerprint density at radius 3 is 2.70 bits per heavy atom. The molecule has 3 rings (SSSR count). The second-order valence-corrected chi connectivity index (χ2v) is 6.91. The van der Waals surface area contributed by atoms with E-state index >= 15 is 0 Å². The maximum Gasteiger partial charge on any atom is 0.255 e. The van der Waals surface area contributed by atoms with Gasteiger partial charge in [0.2, 0.25) is 0 Å². The minimum atomic E-state index is -0.213. The molecule has 30 heavy (non-hydrogen) atoms. The first-order valence-corrected chi connectivity index (χ1v) is 10.2. The number of hydrogen-bond acceptors (Lipinski definition) is 5. The third-order valence-electron chi connectivity index (χ3n) is 4.81. The summed E-state index contributed by atoms with van der Waals surface area (Å²) < 4.78 is 12.9. The van der Waals surface area contributed by atoms with Crippen LogP contribution in [0.4, 0.5) is 0 Å². The Morgan fingerprint density at radius 2 is 2.03 bits per heavy atom. The predicted molar refractivity (Wildman–Crippen MR) is 115 cm³/mol. The molecule has 1 amide bonds. The number of benzene rings is 1. The average Bonchev–Trinajstić information content (AvgIpc) is 3.22. The van der Waals surface area contributed by atoms with Gasteiger partial charge in [0.15, 0.2) is 17.3 Å². The zero-order valence-corrected chi connectivity index (χ0v) is 17.9. The van der Waals surface area contributed by atoms with Gasteiger partial charge in [0.1, 0.15) is 0 Å². The Balaban J connectivity index is 1.78. The SMILES string of the molecule is CCCOc1ccc(C(C)NC(=O)c2cnn(-c3ccccn3)c2CC)cc1OC. The first-order chi connectivity index (χ1) is 14.6. The van der Waals surface area contributed by atoms with Crippen molar-refractivity contribution in [2.45, 2.75) is 39.7 Å². The number of nitrogens with zero attached hydrogens (tertiary/aromatic N) is 3. The Kier molecular flexibility index (Phi) is 7.06. The van der Waals surface area contributed by atoms with Crippen molar-refractivity contribution in [2.75, 3.05) is 13.7 Å². The van der Waals surface area contributed by atoms with Crippen molar-refractivity contribution in [1.82, 2.24) is 20.1 Å². The van der Waals surface area contributed by atoms with Gasteiger partial charge in [0.25, 0.3) is 5.91 Å². The molecule has 7 nitrogen and oxygen atoms in total. The number of carbonyl (C=O) groups is 1. The number of nitrogens with one attached hydrogen (secondary N) is 1. The van der Waals surface area contributed by atoms with E-state index in [9.17, 15) is 4.79 Å². The zero-order chi connectivity index (χ0) is 21.5. The maximum absolute atomic E-state index is 13.0. The van der Waals surface area contributed by atoms with E-state index in [0.29, 0.717) is 35.9 Å². The molecule has 158 valence electrons. The highest BCUT2D eigenvalue weighted by atomic mass is 16.5. The van der Waals surface area contributed by atoms with E-state index in [4.69, 9.17) is 9.47 Å². The van der Waals surface area contributed by atoms with Crippen molar-refractivity contribution in [3.8, 4) is 17.3 Å². The number of ether oxygens (including phenoxy) is 2. The van der Waals surface area contributed by atoms with Gasteiger partial charge in [0.05, 0.1) is 37.2 Å². The van der Waals surface area contributed by atoms with Crippen LogP contribution in [0.3, 0.4) is 0 Å². The fourth-order valence-electron chi connectivity index (χ4n) is 3.22. The van der Waals surface area contributed by atoms with E-state index in [1.807, 2.05) is 50.2 Å². The third-order valence-corrected chi connectivity index (χ3v) is 4.81. The first-order valence-electron chi connectivity index (χ1n) is 10.2. The summed E-state index contributed by atoms with van der Waals surface area (Å²) in [6.07, 6.45) is 4.88. The lowest BCUT2D eigenvalue weighted by Crippen LogP contribution is -2.27. The number of methoxy groups -OCH3 is 1. The molecule has 0 aliphatic heterocycles. The molecule has 7 heteroatoms. The van der Waals surface area contributed by atoms with Gasteiger partial charge in [0, 0.05) is 6.20 Å². The van der Waals surface area contributed by atoms with Crippen LogP contribution < -0.4 is 14.8 Å². The highest BCUT2D eigenvalue weighted by Crippen LogP contribution is 2.30. The van der Waals surface area contributed by atoms with E-state index in [1.165, 1.54) is 0 Å². The predicted octanol–water partition coefficient (Wildman–Crippen LogP) is 4.12. The number of pyridine rings is 1. The molecule has 0 radical (unpaired) electrons. The van der Waals surface area contributed by atoms with Crippen LogP contribution in [0.25, 0.3) is 5.82 Å². The Morgan fingerprint density at radius 1 is 1.20 bits per heavy atom. The molecule has 2 heterocycles. The molecule has 0 saturated carbocycles. The monoisotopic (exact) mass is 408 g/mol. The zero-order valence-electron chi connectivity index (χ0n) is 17.9. The van der Waals surface area contributed by atoms with Gasteiger partial charge < -0.3 is 14.8 Å². The molecule has 1 unspecified atom stereocenters. The molecule has 3 aromatic rings. The smallest absolute Gasteiger partial charge is 0.255 e. The summed E-state index contributed by atoms with van der Waals surface area (Å²) in [5.41, 5.74) is 2.29. The molecule has 0 saturated heterocycles. The van der Waals surface area contributed by atoms with Gasteiger partial charge in [-0.2, -0.15) is 5.10 Å². The van der Waals surface area contributed by atoms with Crippen LogP contribution in [-0.2, 0) is 6.42 Å². The molecule has 0 aliphatic carbocycles. The van der Waals surface area contributed by atoms with E-state index < -0.39 is 0 Å². The Labute approximate surface area is 177 Å². The van der Waals surface area contributed by atoms with Crippen molar-refractivity contribution in [2.24, 2.45) is 0 Å². The topological polar surface area (TPSA) is 78.3 Å². The molecule has 1 atom stereocenters. The van der Waals surface area contributed by atoms with Gasteiger partial charge in [-0.05, 0) is 49.6 Å². The largest absolute Gasteiger partial charge is 0.493 e. The van der Waals surface area contributed by atoms with Gasteiger partial charge in [-0.1, -0.05) is 26.0 Å². The lowest BCUT2D eigenvalue weighted by atomic mass is 10.1. The van der Waals surface area contributed by atoms with E-state index in [0.717, 1.165) is 17.7 Å². The standard InChI is InChI=1S/C23H28N4O3/c1-5-13-30-20-11-10-17(14-21(20)29-4)16(3)26-23(28)18-15-25-27(19(18)6-2)22-9-7-8-12-24-22/h7-12,14-16H,5-6,13H2,1-4H3,(H,26,28). The molecule has 0 fully saturated rings. The molecule has 0 aliphatic rings. The number of aromatic nitrogens is 3. The van der Waals surface area contributed by atoms with Gasteiger partial charge >= 0.3 is 0 Å².